The Hall–Kier alpha value is -2.70. The topological polar surface area (TPSA) is 98.5 Å². The van der Waals surface area contributed by atoms with E-state index in [9.17, 15) is 19.7 Å². The molecule has 1 N–H and O–H groups in total. The van der Waals surface area contributed by atoms with Crippen LogP contribution in [0.4, 0.5) is 5.69 Å². The van der Waals surface area contributed by atoms with Gasteiger partial charge in [0.05, 0.1) is 10.5 Å². The summed E-state index contributed by atoms with van der Waals surface area (Å²) >= 11 is 0. The number of carbonyl (C=O) groups excluding carboxylic acids is 2. The van der Waals surface area contributed by atoms with Gasteiger partial charge in [-0.15, -0.1) is 0 Å². The van der Waals surface area contributed by atoms with Gasteiger partial charge < -0.3 is 10.1 Å². The summed E-state index contributed by atoms with van der Waals surface area (Å²) in [5.74, 6) is -0.632. The van der Waals surface area contributed by atoms with Crippen LogP contribution in [0, 0.1) is 16.0 Å². The van der Waals surface area contributed by atoms with E-state index in [-0.39, 0.29) is 17.6 Å². The fourth-order valence-electron chi connectivity index (χ4n) is 3.05. The second-order valence-corrected chi connectivity index (χ2v) is 6.61. The van der Waals surface area contributed by atoms with Gasteiger partial charge in [0.2, 0.25) is 0 Å². The number of hydrogen-bond donors (Lipinski definition) is 1. The Morgan fingerprint density at radius 2 is 2.00 bits per heavy atom. The number of rotatable bonds is 6. The summed E-state index contributed by atoms with van der Waals surface area (Å²) in [6.45, 7) is 3.62. The Bertz CT molecular complexity index is 701. The van der Waals surface area contributed by atoms with E-state index in [0.29, 0.717) is 11.5 Å². The lowest BCUT2D eigenvalue weighted by Gasteiger charge is -2.30. The third kappa shape index (κ3) is 5.40. The van der Waals surface area contributed by atoms with E-state index in [2.05, 4.69) is 12.2 Å². The van der Waals surface area contributed by atoms with Gasteiger partial charge in [-0.25, -0.2) is 4.79 Å². The van der Waals surface area contributed by atoms with Crippen molar-refractivity contribution in [1.29, 1.82) is 0 Å². The summed E-state index contributed by atoms with van der Waals surface area (Å²) in [6, 6.07) is 6.18. The second-order valence-electron chi connectivity index (χ2n) is 6.61. The van der Waals surface area contributed by atoms with Crippen molar-refractivity contribution in [3.8, 4) is 0 Å². The van der Waals surface area contributed by atoms with Crippen LogP contribution in [0.2, 0.25) is 0 Å². The standard InChI is InChI=1S/C19H24N2O5/c1-13-7-3-5-9-16(13)20-19(23)14(2)26-18(22)12-11-15-8-4-6-10-17(15)21(24)25/h4,6,8,10-14,16H,3,5,7,9H2,1-2H3,(H,20,23)/b12-11+/t13-,14-,16+/m1/s1. The monoisotopic (exact) mass is 360 g/mol. The van der Waals surface area contributed by atoms with Crippen molar-refractivity contribution in [2.24, 2.45) is 5.92 Å². The number of ether oxygens (including phenoxy) is 1. The van der Waals surface area contributed by atoms with Crippen LogP contribution in [0.25, 0.3) is 6.08 Å². The minimum absolute atomic E-state index is 0.103. The maximum atomic E-state index is 12.2. The molecule has 1 aromatic rings. The zero-order chi connectivity index (χ0) is 19.1. The maximum Gasteiger partial charge on any atom is 0.331 e. The molecule has 2 rings (SSSR count). The summed E-state index contributed by atoms with van der Waals surface area (Å²) in [4.78, 5) is 34.5. The van der Waals surface area contributed by atoms with Crippen LogP contribution in [0.15, 0.2) is 30.3 Å². The highest BCUT2D eigenvalue weighted by Gasteiger charge is 2.26. The number of nitro groups is 1. The summed E-state index contributed by atoms with van der Waals surface area (Å²) in [7, 11) is 0. The molecule has 1 fully saturated rings. The van der Waals surface area contributed by atoms with Crippen molar-refractivity contribution in [1.82, 2.24) is 5.32 Å². The maximum absolute atomic E-state index is 12.2. The molecule has 0 unspecified atom stereocenters. The molecule has 26 heavy (non-hydrogen) atoms. The second kappa shape index (κ2) is 9.12. The molecule has 1 aliphatic rings. The van der Waals surface area contributed by atoms with E-state index >= 15 is 0 Å². The molecule has 1 saturated carbocycles. The molecule has 1 aliphatic carbocycles. The molecular weight excluding hydrogens is 336 g/mol. The zero-order valence-corrected chi connectivity index (χ0v) is 15.0. The molecule has 7 heteroatoms. The Balaban J connectivity index is 1.90. The molecule has 3 atom stereocenters. The third-order valence-corrected chi connectivity index (χ3v) is 4.63. The SMILES string of the molecule is C[C@@H]1CCCC[C@@H]1NC(=O)[C@@H](C)OC(=O)/C=C/c1ccccc1[N+](=O)[O-]. The number of benzene rings is 1. The number of amides is 1. The molecule has 0 aromatic heterocycles. The minimum Gasteiger partial charge on any atom is -0.449 e. The van der Waals surface area contributed by atoms with Gasteiger partial charge in [0.1, 0.15) is 0 Å². The lowest BCUT2D eigenvalue weighted by atomic mass is 9.86. The molecule has 0 spiro atoms. The van der Waals surface area contributed by atoms with Crippen LogP contribution in [0.3, 0.4) is 0 Å². The molecule has 140 valence electrons. The highest BCUT2D eigenvalue weighted by Crippen LogP contribution is 2.24. The smallest absolute Gasteiger partial charge is 0.331 e. The van der Waals surface area contributed by atoms with Crippen molar-refractivity contribution >= 4 is 23.6 Å². The fraction of sp³-hybridized carbons (Fsp3) is 0.474. The van der Waals surface area contributed by atoms with Crippen molar-refractivity contribution in [3.05, 3.63) is 46.0 Å². The van der Waals surface area contributed by atoms with Crippen molar-refractivity contribution < 1.29 is 19.2 Å². The van der Waals surface area contributed by atoms with E-state index in [1.807, 2.05) is 0 Å². The Labute approximate surface area is 152 Å². The molecule has 0 bridgehead atoms. The van der Waals surface area contributed by atoms with E-state index < -0.39 is 17.0 Å². The molecule has 0 aliphatic heterocycles. The van der Waals surface area contributed by atoms with Gasteiger partial charge in [0, 0.05) is 18.2 Å². The summed E-state index contributed by atoms with van der Waals surface area (Å²) in [6.07, 6.45) is 5.76. The van der Waals surface area contributed by atoms with Gasteiger partial charge in [-0.2, -0.15) is 0 Å². The number of carbonyl (C=O) groups is 2. The number of para-hydroxylation sites is 1. The van der Waals surface area contributed by atoms with E-state index in [1.54, 1.807) is 12.1 Å². The fourth-order valence-corrected chi connectivity index (χ4v) is 3.05. The Kier molecular flexibility index (Phi) is 6.89. The largest absolute Gasteiger partial charge is 0.449 e. The summed E-state index contributed by atoms with van der Waals surface area (Å²) in [5, 5.41) is 13.9. The molecule has 0 saturated heterocycles. The summed E-state index contributed by atoms with van der Waals surface area (Å²) < 4.78 is 5.10. The van der Waals surface area contributed by atoms with Crippen LogP contribution in [-0.2, 0) is 14.3 Å². The lowest BCUT2D eigenvalue weighted by Crippen LogP contribution is -2.45. The third-order valence-electron chi connectivity index (χ3n) is 4.63. The molecule has 0 radical (unpaired) electrons. The van der Waals surface area contributed by atoms with Crippen LogP contribution >= 0.6 is 0 Å². The van der Waals surface area contributed by atoms with Crippen LogP contribution in [-0.4, -0.2) is 28.9 Å². The molecule has 1 aromatic carbocycles. The van der Waals surface area contributed by atoms with E-state index in [1.165, 1.54) is 31.6 Å². The Morgan fingerprint density at radius 1 is 1.31 bits per heavy atom. The van der Waals surface area contributed by atoms with Gasteiger partial charge >= 0.3 is 5.97 Å². The molecule has 1 amide bonds. The molecular formula is C19H24N2O5. The van der Waals surface area contributed by atoms with Crippen molar-refractivity contribution in [2.45, 2.75) is 51.7 Å². The number of nitrogens with one attached hydrogen (secondary N) is 1. The normalized spacial score (nSPS) is 21.2. The van der Waals surface area contributed by atoms with Crippen LogP contribution in [0.1, 0.15) is 45.1 Å². The van der Waals surface area contributed by atoms with Crippen LogP contribution < -0.4 is 5.32 Å². The lowest BCUT2D eigenvalue weighted by molar-refractivity contribution is -0.385. The average Bonchev–Trinajstić information content (AvgIpc) is 2.62. The van der Waals surface area contributed by atoms with Gasteiger partial charge in [0.15, 0.2) is 6.10 Å². The van der Waals surface area contributed by atoms with Gasteiger partial charge in [-0.1, -0.05) is 31.9 Å². The van der Waals surface area contributed by atoms with Gasteiger partial charge in [-0.3, -0.25) is 14.9 Å². The number of nitrogens with zero attached hydrogens (tertiary/aromatic N) is 1. The van der Waals surface area contributed by atoms with E-state index in [4.69, 9.17) is 4.74 Å². The molecule has 0 heterocycles. The molecule has 7 nitrogen and oxygen atoms in total. The van der Waals surface area contributed by atoms with E-state index in [0.717, 1.165) is 25.3 Å². The van der Waals surface area contributed by atoms with Crippen molar-refractivity contribution in [2.75, 3.05) is 0 Å². The highest BCUT2D eigenvalue weighted by molar-refractivity contribution is 5.91. The minimum atomic E-state index is -0.924. The van der Waals surface area contributed by atoms with Gasteiger partial charge in [0.25, 0.3) is 11.6 Å². The average molecular weight is 360 g/mol. The summed E-state index contributed by atoms with van der Waals surface area (Å²) in [5.41, 5.74) is 0.191. The number of hydrogen-bond acceptors (Lipinski definition) is 5. The quantitative estimate of drug-likeness (QED) is 0.363. The zero-order valence-electron chi connectivity index (χ0n) is 15.0. The van der Waals surface area contributed by atoms with Gasteiger partial charge in [-0.05, 0) is 37.8 Å². The van der Waals surface area contributed by atoms with Crippen molar-refractivity contribution in [3.63, 3.8) is 0 Å². The Morgan fingerprint density at radius 3 is 2.69 bits per heavy atom. The highest BCUT2D eigenvalue weighted by atomic mass is 16.6. The number of nitro benzene ring substituents is 1. The first-order valence-electron chi connectivity index (χ1n) is 8.81. The first-order valence-corrected chi connectivity index (χ1v) is 8.81. The predicted molar refractivity (Wildman–Crippen MR) is 97.2 cm³/mol. The first-order chi connectivity index (χ1) is 12.4. The number of esters is 1. The predicted octanol–water partition coefficient (Wildman–Crippen LogP) is 3.23. The van der Waals surface area contributed by atoms with Crippen LogP contribution in [0.5, 0.6) is 0 Å². The first kappa shape index (κ1) is 19.6.